The summed E-state index contributed by atoms with van der Waals surface area (Å²) in [6.07, 6.45) is 0.312. The molecule has 4 nitrogen and oxygen atoms in total. The first-order valence-electron chi connectivity index (χ1n) is 7.54. The average molecular weight is 306 g/mol. The molecular formula is C18H26O4. The molecule has 0 aromatic heterocycles. The summed E-state index contributed by atoms with van der Waals surface area (Å²) in [6.45, 7) is 9.22. The predicted octanol–water partition coefficient (Wildman–Crippen LogP) is 3.88. The Labute approximate surface area is 132 Å². The van der Waals surface area contributed by atoms with Gasteiger partial charge in [0.25, 0.3) is 0 Å². The fourth-order valence-electron chi connectivity index (χ4n) is 1.99. The molecule has 0 heterocycles. The van der Waals surface area contributed by atoms with Crippen molar-refractivity contribution >= 4 is 11.8 Å². The number of ketones is 1. The van der Waals surface area contributed by atoms with Crippen molar-refractivity contribution in [3.63, 3.8) is 0 Å². The van der Waals surface area contributed by atoms with Gasteiger partial charge in [-0.05, 0) is 51.0 Å². The molecule has 0 saturated heterocycles. The fraction of sp³-hybridized carbons (Fsp3) is 0.556. The summed E-state index contributed by atoms with van der Waals surface area (Å²) in [5.74, 6) is 0.0747. The van der Waals surface area contributed by atoms with Crippen molar-refractivity contribution in [2.45, 2.75) is 46.6 Å². The van der Waals surface area contributed by atoms with Crippen molar-refractivity contribution < 1.29 is 19.1 Å². The van der Waals surface area contributed by atoms with Crippen LogP contribution in [0.3, 0.4) is 0 Å². The zero-order valence-electron chi connectivity index (χ0n) is 14.3. The Morgan fingerprint density at radius 3 is 2.09 bits per heavy atom. The number of ether oxygens (including phenoxy) is 2. The summed E-state index contributed by atoms with van der Waals surface area (Å²) in [4.78, 5) is 24.3. The van der Waals surface area contributed by atoms with E-state index in [4.69, 9.17) is 9.47 Å². The van der Waals surface area contributed by atoms with Gasteiger partial charge in [0, 0.05) is 12.0 Å². The highest BCUT2D eigenvalue weighted by molar-refractivity contribution is 5.96. The third-order valence-electron chi connectivity index (χ3n) is 3.55. The van der Waals surface area contributed by atoms with Crippen LogP contribution in [0.5, 0.6) is 5.75 Å². The molecule has 0 fully saturated rings. The topological polar surface area (TPSA) is 52.6 Å². The summed E-state index contributed by atoms with van der Waals surface area (Å²) < 4.78 is 10.4. The molecular weight excluding hydrogens is 280 g/mol. The minimum Gasteiger partial charge on any atom is -0.497 e. The third kappa shape index (κ3) is 5.51. The fourth-order valence-corrected chi connectivity index (χ4v) is 1.99. The Morgan fingerprint density at radius 2 is 1.64 bits per heavy atom. The van der Waals surface area contributed by atoms with Gasteiger partial charge in [-0.1, -0.05) is 13.8 Å². The van der Waals surface area contributed by atoms with E-state index in [9.17, 15) is 9.59 Å². The molecule has 0 spiro atoms. The highest BCUT2D eigenvalue weighted by atomic mass is 16.6. The lowest BCUT2D eigenvalue weighted by molar-refractivity contribution is -0.161. The van der Waals surface area contributed by atoms with E-state index in [1.54, 1.807) is 38.3 Å². The number of benzene rings is 1. The third-order valence-corrected chi connectivity index (χ3v) is 3.55. The van der Waals surface area contributed by atoms with Crippen molar-refractivity contribution in [3.8, 4) is 5.75 Å². The summed E-state index contributed by atoms with van der Waals surface area (Å²) >= 11 is 0. The summed E-state index contributed by atoms with van der Waals surface area (Å²) in [6, 6.07) is 7.00. The molecule has 0 aliphatic heterocycles. The summed E-state index contributed by atoms with van der Waals surface area (Å²) in [5, 5.41) is 0. The minimum absolute atomic E-state index is 0.0190. The van der Waals surface area contributed by atoms with Crippen molar-refractivity contribution in [1.82, 2.24) is 0 Å². The van der Waals surface area contributed by atoms with Crippen molar-refractivity contribution in [2.24, 2.45) is 11.8 Å². The van der Waals surface area contributed by atoms with Gasteiger partial charge in [-0.25, -0.2) is 0 Å². The van der Waals surface area contributed by atoms with Crippen LogP contribution in [-0.4, -0.2) is 24.5 Å². The van der Waals surface area contributed by atoms with Crippen LogP contribution in [0.1, 0.15) is 51.4 Å². The van der Waals surface area contributed by atoms with Gasteiger partial charge in [-0.2, -0.15) is 0 Å². The summed E-state index contributed by atoms with van der Waals surface area (Å²) in [5.41, 5.74) is 0.120. The van der Waals surface area contributed by atoms with E-state index in [2.05, 4.69) is 0 Å². The van der Waals surface area contributed by atoms with Crippen LogP contribution >= 0.6 is 0 Å². The van der Waals surface area contributed by atoms with E-state index < -0.39 is 5.60 Å². The number of carbonyl (C=O) groups excluding carboxylic acids is 2. The Hall–Kier alpha value is -1.84. The number of hydrogen-bond donors (Lipinski definition) is 0. The Morgan fingerprint density at radius 1 is 1.09 bits per heavy atom. The molecule has 4 heteroatoms. The van der Waals surface area contributed by atoms with Gasteiger partial charge in [0.05, 0.1) is 13.0 Å². The number of esters is 1. The molecule has 0 N–H and O–H groups in total. The molecule has 22 heavy (non-hydrogen) atoms. The molecule has 0 aliphatic rings. The summed E-state index contributed by atoms with van der Waals surface area (Å²) in [7, 11) is 1.58. The minimum atomic E-state index is -0.509. The van der Waals surface area contributed by atoms with Crippen LogP contribution in [-0.2, 0) is 9.53 Å². The molecule has 0 saturated carbocycles. The maximum atomic E-state index is 12.3. The zero-order valence-corrected chi connectivity index (χ0v) is 14.3. The van der Waals surface area contributed by atoms with Gasteiger partial charge in [0.1, 0.15) is 11.4 Å². The van der Waals surface area contributed by atoms with Gasteiger partial charge in [0.2, 0.25) is 0 Å². The largest absolute Gasteiger partial charge is 0.497 e. The van der Waals surface area contributed by atoms with Crippen LogP contribution < -0.4 is 4.74 Å². The standard InChI is InChI=1S/C18H26O4/c1-12(13(2)17(20)22-18(3,4)5)11-16(19)14-7-9-15(21-6)10-8-14/h7-10,12-13H,11H2,1-6H3/t12-,13+/m1/s1. The Balaban J connectivity index is 2.64. The van der Waals surface area contributed by atoms with Crippen LogP contribution in [0.25, 0.3) is 0 Å². The van der Waals surface area contributed by atoms with Crippen LogP contribution in [0, 0.1) is 11.8 Å². The zero-order chi connectivity index (χ0) is 16.9. The number of Topliss-reactive ketones (excluding diaryl/α,β-unsaturated/α-hetero) is 1. The molecule has 1 aromatic carbocycles. The van der Waals surface area contributed by atoms with Gasteiger partial charge < -0.3 is 9.47 Å². The van der Waals surface area contributed by atoms with Gasteiger partial charge in [-0.15, -0.1) is 0 Å². The van der Waals surface area contributed by atoms with Crippen LogP contribution in [0.2, 0.25) is 0 Å². The molecule has 1 rings (SSSR count). The molecule has 0 unspecified atom stereocenters. The number of hydrogen-bond acceptors (Lipinski definition) is 4. The molecule has 0 amide bonds. The quantitative estimate of drug-likeness (QED) is 0.591. The average Bonchev–Trinajstić information content (AvgIpc) is 2.44. The highest BCUT2D eigenvalue weighted by Gasteiger charge is 2.27. The molecule has 0 radical (unpaired) electrons. The SMILES string of the molecule is COc1ccc(C(=O)C[C@@H](C)[C@H](C)C(=O)OC(C)(C)C)cc1. The van der Waals surface area contributed by atoms with Gasteiger partial charge in [-0.3, -0.25) is 9.59 Å². The number of rotatable bonds is 6. The second-order valence-corrected chi connectivity index (χ2v) is 6.66. The number of methoxy groups -OCH3 is 1. The lowest BCUT2D eigenvalue weighted by Gasteiger charge is -2.25. The van der Waals surface area contributed by atoms with E-state index in [-0.39, 0.29) is 23.6 Å². The maximum absolute atomic E-state index is 12.3. The van der Waals surface area contributed by atoms with Crippen molar-refractivity contribution in [3.05, 3.63) is 29.8 Å². The first kappa shape index (κ1) is 18.2. The van der Waals surface area contributed by atoms with Crippen LogP contribution in [0.15, 0.2) is 24.3 Å². The van der Waals surface area contributed by atoms with Crippen molar-refractivity contribution in [1.29, 1.82) is 0 Å². The van der Waals surface area contributed by atoms with Gasteiger partial charge >= 0.3 is 5.97 Å². The molecule has 1 aromatic rings. The first-order valence-corrected chi connectivity index (χ1v) is 7.54. The first-order chi connectivity index (χ1) is 10.1. The smallest absolute Gasteiger partial charge is 0.309 e. The predicted molar refractivity (Wildman–Crippen MR) is 86.1 cm³/mol. The Bertz CT molecular complexity index is 511. The highest BCUT2D eigenvalue weighted by Crippen LogP contribution is 2.22. The van der Waals surface area contributed by atoms with E-state index in [0.717, 1.165) is 0 Å². The maximum Gasteiger partial charge on any atom is 0.309 e. The van der Waals surface area contributed by atoms with Gasteiger partial charge in [0.15, 0.2) is 5.78 Å². The van der Waals surface area contributed by atoms with Crippen molar-refractivity contribution in [2.75, 3.05) is 7.11 Å². The lowest BCUT2D eigenvalue weighted by atomic mass is 9.89. The van der Waals surface area contributed by atoms with Crippen LogP contribution in [0.4, 0.5) is 0 Å². The lowest BCUT2D eigenvalue weighted by Crippen LogP contribution is -2.31. The van der Waals surface area contributed by atoms with E-state index in [0.29, 0.717) is 17.7 Å². The second-order valence-electron chi connectivity index (χ2n) is 6.66. The normalized spacial score (nSPS) is 14.1. The molecule has 122 valence electrons. The van der Waals surface area contributed by atoms with E-state index >= 15 is 0 Å². The monoisotopic (exact) mass is 306 g/mol. The molecule has 0 aliphatic carbocycles. The van der Waals surface area contributed by atoms with E-state index in [1.807, 2.05) is 27.7 Å². The molecule has 2 atom stereocenters. The molecule has 0 bridgehead atoms. The second kappa shape index (κ2) is 7.43. The Kier molecular flexibility index (Phi) is 6.15. The van der Waals surface area contributed by atoms with E-state index in [1.165, 1.54) is 0 Å². The number of carbonyl (C=O) groups is 2.